The summed E-state index contributed by atoms with van der Waals surface area (Å²) >= 11 is 8.95. The number of hydrogen-bond donors (Lipinski definition) is 0. The zero-order valence-corrected chi connectivity index (χ0v) is 9.39. The Morgan fingerprint density at radius 1 is 1.50 bits per heavy atom. The van der Waals surface area contributed by atoms with Gasteiger partial charge in [0.25, 0.3) is 0 Å². The van der Waals surface area contributed by atoms with E-state index in [9.17, 15) is 4.79 Å². The minimum Gasteiger partial charge on any atom is -0.408 e. The molecule has 0 aromatic carbocycles. The van der Waals surface area contributed by atoms with Gasteiger partial charge in [0, 0.05) is 6.92 Å². The average Bonchev–Trinajstić information content (AvgIpc) is 2.07. The van der Waals surface area contributed by atoms with Gasteiger partial charge in [-0.05, 0) is 22.0 Å². The number of pyridine rings is 1. The van der Waals surface area contributed by atoms with Gasteiger partial charge >= 0.3 is 5.63 Å². The van der Waals surface area contributed by atoms with Crippen LogP contribution in [0.2, 0.25) is 5.15 Å². The maximum absolute atomic E-state index is 11.4. The molecule has 0 atom stereocenters. The van der Waals surface area contributed by atoms with E-state index in [1.807, 2.05) is 0 Å². The molecule has 0 fully saturated rings. The first-order chi connectivity index (χ1) is 6.58. The third kappa shape index (κ3) is 1.53. The highest BCUT2D eigenvalue weighted by molar-refractivity contribution is 9.10. The number of hydrogen-bond acceptors (Lipinski definition) is 4. The van der Waals surface area contributed by atoms with Gasteiger partial charge in [-0.15, -0.1) is 0 Å². The van der Waals surface area contributed by atoms with E-state index in [2.05, 4.69) is 25.9 Å². The van der Waals surface area contributed by atoms with Gasteiger partial charge in [0.2, 0.25) is 0 Å². The Hall–Kier alpha value is -0.940. The van der Waals surface area contributed by atoms with Gasteiger partial charge in [-0.1, -0.05) is 11.6 Å². The summed E-state index contributed by atoms with van der Waals surface area (Å²) in [7, 11) is 0. The third-order valence-electron chi connectivity index (χ3n) is 1.65. The van der Waals surface area contributed by atoms with Crippen LogP contribution in [0.4, 0.5) is 0 Å². The van der Waals surface area contributed by atoms with Gasteiger partial charge in [0.1, 0.15) is 10.1 Å². The lowest BCUT2D eigenvalue weighted by molar-refractivity contribution is 0.467. The smallest absolute Gasteiger partial charge is 0.347 e. The van der Waals surface area contributed by atoms with Crippen molar-refractivity contribution in [2.45, 2.75) is 6.92 Å². The summed E-state index contributed by atoms with van der Waals surface area (Å²) in [4.78, 5) is 19.3. The van der Waals surface area contributed by atoms with Gasteiger partial charge in [-0.3, -0.25) is 0 Å². The van der Waals surface area contributed by atoms with Crippen molar-refractivity contribution in [2.24, 2.45) is 0 Å². The largest absolute Gasteiger partial charge is 0.408 e. The molecule has 14 heavy (non-hydrogen) atoms. The van der Waals surface area contributed by atoms with Crippen molar-refractivity contribution < 1.29 is 4.42 Å². The fourth-order valence-electron chi connectivity index (χ4n) is 1.11. The summed E-state index contributed by atoms with van der Waals surface area (Å²) < 4.78 is 5.31. The third-order valence-corrected chi connectivity index (χ3v) is 2.32. The Kier molecular flexibility index (Phi) is 2.28. The van der Waals surface area contributed by atoms with E-state index in [1.165, 1.54) is 6.07 Å². The Bertz CT molecular complexity index is 567. The zero-order chi connectivity index (χ0) is 10.3. The average molecular weight is 275 g/mol. The molecule has 0 aliphatic heterocycles. The van der Waals surface area contributed by atoms with Gasteiger partial charge < -0.3 is 4.42 Å². The van der Waals surface area contributed by atoms with Crippen LogP contribution in [0.5, 0.6) is 0 Å². The van der Waals surface area contributed by atoms with Gasteiger partial charge in [-0.2, -0.15) is 0 Å². The predicted octanol–water partition coefficient (Wildman–Crippen LogP) is 2.31. The maximum atomic E-state index is 11.4. The first-order valence-electron chi connectivity index (χ1n) is 3.71. The molecule has 2 aromatic heterocycles. The Balaban J connectivity index is 3.02. The second kappa shape index (κ2) is 3.33. The molecular weight excluding hydrogens is 271 g/mol. The molecule has 0 saturated heterocycles. The van der Waals surface area contributed by atoms with Crippen molar-refractivity contribution in [1.82, 2.24) is 9.97 Å². The van der Waals surface area contributed by atoms with E-state index in [4.69, 9.17) is 16.0 Å². The number of nitrogens with zero attached hydrogens (tertiary/aromatic N) is 2. The summed E-state index contributed by atoms with van der Waals surface area (Å²) in [5.74, 6) is 0.272. The number of aryl methyl sites for hydroxylation is 1. The van der Waals surface area contributed by atoms with Crippen LogP contribution in [-0.2, 0) is 0 Å². The highest BCUT2D eigenvalue weighted by atomic mass is 79.9. The Morgan fingerprint density at radius 3 is 2.93 bits per heavy atom. The first kappa shape index (κ1) is 9.61. The van der Waals surface area contributed by atoms with E-state index in [0.29, 0.717) is 15.5 Å². The molecular formula is C8H4BrClN2O2. The van der Waals surface area contributed by atoms with Gasteiger partial charge in [0.05, 0.1) is 5.39 Å². The van der Waals surface area contributed by atoms with Gasteiger partial charge in [-0.25, -0.2) is 14.8 Å². The summed E-state index contributed by atoms with van der Waals surface area (Å²) in [5, 5.41) is 0.507. The highest BCUT2D eigenvalue weighted by Crippen LogP contribution is 2.20. The topological polar surface area (TPSA) is 56.0 Å². The standard InChI is InChI=1S/C8H4BrClN2O2/c1-3-11-6-4(8(13)14-3)2-5(9)12-7(6)10/h2H,1H3. The van der Waals surface area contributed by atoms with Crippen LogP contribution in [0.3, 0.4) is 0 Å². The second-order valence-corrected chi connectivity index (χ2v) is 3.82. The number of halogens is 2. The van der Waals surface area contributed by atoms with E-state index in [1.54, 1.807) is 6.92 Å². The molecule has 2 aromatic rings. The molecule has 0 bridgehead atoms. The van der Waals surface area contributed by atoms with Crippen LogP contribution in [0.1, 0.15) is 5.89 Å². The molecule has 0 aliphatic carbocycles. The van der Waals surface area contributed by atoms with Crippen molar-refractivity contribution >= 4 is 38.4 Å². The lowest BCUT2D eigenvalue weighted by Crippen LogP contribution is -2.04. The van der Waals surface area contributed by atoms with Crippen LogP contribution >= 0.6 is 27.5 Å². The molecule has 2 heterocycles. The summed E-state index contributed by atoms with van der Waals surface area (Å²) in [6.07, 6.45) is 0. The Labute approximate surface area is 92.1 Å². The molecule has 0 spiro atoms. The highest BCUT2D eigenvalue weighted by Gasteiger charge is 2.09. The van der Waals surface area contributed by atoms with E-state index < -0.39 is 5.63 Å². The molecule has 0 saturated carbocycles. The molecule has 0 radical (unpaired) electrons. The lowest BCUT2D eigenvalue weighted by atomic mass is 10.3. The van der Waals surface area contributed by atoms with Crippen LogP contribution in [0, 0.1) is 6.92 Å². The summed E-state index contributed by atoms with van der Waals surface area (Å²) in [6, 6.07) is 1.53. The van der Waals surface area contributed by atoms with Crippen LogP contribution in [0.15, 0.2) is 19.9 Å². The lowest BCUT2D eigenvalue weighted by Gasteiger charge is -1.99. The number of rotatable bonds is 0. The van der Waals surface area contributed by atoms with Crippen LogP contribution in [-0.4, -0.2) is 9.97 Å². The molecule has 0 amide bonds. The van der Waals surface area contributed by atoms with E-state index >= 15 is 0 Å². The molecule has 72 valence electrons. The predicted molar refractivity (Wildman–Crippen MR) is 55.5 cm³/mol. The molecule has 0 N–H and O–H groups in total. The minimum absolute atomic E-state index is 0.186. The SMILES string of the molecule is Cc1nc2c(Cl)nc(Br)cc2c(=O)o1. The maximum Gasteiger partial charge on any atom is 0.347 e. The normalized spacial score (nSPS) is 10.8. The number of fused-ring (bicyclic) bond motifs is 1. The van der Waals surface area contributed by atoms with Crippen molar-refractivity contribution in [1.29, 1.82) is 0 Å². The first-order valence-corrected chi connectivity index (χ1v) is 4.88. The van der Waals surface area contributed by atoms with Crippen LogP contribution in [0.25, 0.3) is 10.9 Å². The van der Waals surface area contributed by atoms with Gasteiger partial charge in [0.15, 0.2) is 11.0 Å². The molecule has 0 unspecified atom stereocenters. The molecule has 4 nitrogen and oxygen atoms in total. The van der Waals surface area contributed by atoms with Crippen LogP contribution < -0.4 is 5.63 Å². The quantitative estimate of drug-likeness (QED) is 0.692. The fourth-order valence-corrected chi connectivity index (χ4v) is 1.85. The number of aromatic nitrogens is 2. The monoisotopic (exact) mass is 274 g/mol. The fraction of sp³-hybridized carbons (Fsp3) is 0.125. The zero-order valence-electron chi connectivity index (χ0n) is 7.04. The van der Waals surface area contributed by atoms with Crippen molar-refractivity contribution in [3.8, 4) is 0 Å². The molecule has 6 heteroatoms. The summed E-state index contributed by atoms with van der Waals surface area (Å²) in [6.45, 7) is 1.58. The molecule has 2 rings (SSSR count). The minimum atomic E-state index is -0.461. The molecule has 0 aliphatic rings. The summed E-state index contributed by atoms with van der Waals surface area (Å²) in [5.41, 5.74) is -0.0962. The van der Waals surface area contributed by atoms with E-state index in [0.717, 1.165) is 0 Å². The van der Waals surface area contributed by atoms with Crippen molar-refractivity contribution in [3.63, 3.8) is 0 Å². The van der Waals surface area contributed by atoms with Crippen molar-refractivity contribution in [3.05, 3.63) is 32.1 Å². The van der Waals surface area contributed by atoms with Crippen molar-refractivity contribution in [2.75, 3.05) is 0 Å². The van der Waals surface area contributed by atoms with E-state index in [-0.39, 0.29) is 11.0 Å². The second-order valence-electron chi connectivity index (χ2n) is 2.65. The Morgan fingerprint density at radius 2 is 2.21 bits per heavy atom.